The average Bonchev–Trinajstić information content (AvgIpc) is 3.18. The second kappa shape index (κ2) is 10.2. The summed E-state index contributed by atoms with van der Waals surface area (Å²) in [6.45, 7) is 0.328. The van der Waals surface area contributed by atoms with Crippen molar-refractivity contribution in [1.82, 2.24) is 15.4 Å². The molecule has 0 unspecified atom stereocenters. The van der Waals surface area contributed by atoms with E-state index in [0.29, 0.717) is 6.54 Å². The summed E-state index contributed by atoms with van der Waals surface area (Å²) >= 11 is 0. The number of nitrogens with zero attached hydrogens (tertiary/aromatic N) is 4. The zero-order chi connectivity index (χ0) is 24.2. The molecule has 1 N–H and O–H groups in total. The van der Waals surface area contributed by atoms with Crippen LogP contribution in [0.5, 0.6) is 0 Å². The molecule has 1 aromatic heterocycles. The third-order valence-electron chi connectivity index (χ3n) is 5.23. The molecular formula is C21H21F4N5O4. The van der Waals surface area contributed by atoms with Crippen LogP contribution in [0.3, 0.4) is 0 Å². The van der Waals surface area contributed by atoms with Crippen molar-refractivity contribution in [2.75, 3.05) is 42.7 Å². The second-order valence-electron chi connectivity index (χ2n) is 7.62. The number of aromatic nitrogens is 1. The number of carbonyl (C=O) groups excluding carboxylic acids is 2. The Kier molecular flexibility index (Phi) is 7.12. The highest BCUT2D eigenvalue weighted by molar-refractivity contribution is 5.90. The van der Waals surface area contributed by atoms with E-state index in [1.807, 2.05) is 11.4 Å². The zero-order valence-corrected chi connectivity index (χ0v) is 17.8. The molecule has 2 aromatic rings. The molecule has 1 atom stereocenters. The number of pyridine rings is 1. The Labute approximate surface area is 191 Å². The molecule has 2 aliphatic rings. The molecule has 2 fully saturated rings. The number of hydrogen-bond acceptors (Lipinski definition) is 7. The van der Waals surface area contributed by atoms with E-state index in [1.54, 1.807) is 18.3 Å². The molecule has 2 aliphatic heterocycles. The van der Waals surface area contributed by atoms with Crippen molar-refractivity contribution in [3.8, 4) is 0 Å². The first-order chi connectivity index (χ1) is 16.3. The van der Waals surface area contributed by atoms with E-state index >= 15 is 0 Å². The summed E-state index contributed by atoms with van der Waals surface area (Å²) in [4.78, 5) is 35.4. The number of rotatable bonds is 7. The zero-order valence-electron chi connectivity index (χ0n) is 17.8. The fraction of sp³-hybridized carbons (Fsp3) is 0.381. The van der Waals surface area contributed by atoms with Crippen LogP contribution in [-0.2, 0) is 20.9 Å². The van der Waals surface area contributed by atoms with Gasteiger partial charge in [0.2, 0.25) is 0 Å². The molecule has 0 spiro atoms. The normalized spacial score (nSPS) is 19.0. The van der Waals surface area contributed by atoms with Crippen LogP contribution in [-0.4, -0.2) is 67.5 Å². The highest BCUT2D eigenvalue weighted by atomic mass is 19.3. The molecule has 0 aliphatic carbocycles. The lowest BCUT2D eigenvalue weighted by Crippen LogP contribution is -2.46. The minimum Gasteiger partial charge on any atom is -0.442 e. The van der Waals surface area contributed by atoms with Gasteiger partial charge in [0, 0.05) is 24.9 Å². The van der Waals surface area contributed by atoms with Gasteiger partial charge < -0.3 is 15.0 Å². The first-order valence-electron chi connectivity index (χ1n) is 10.4. The molecular weight excluding hydrogens is 462 g/mol. The molecule has 34 heavy (non-hydrogen) atoms. The van der Waals surface area contributed by atoms with Gasteiger partial charge in [-0.2, -0.15) is 13.8 Å². The van der Waals surface area contributed by atoms with Crippen molar-refractivity contribution >= 4 is 23.4 Å². The quantitative estimate of drug-likeness (QED) is 0.605. The minimum absolute atomic E-state index is 0.0847. The number of hydroxylamine groups is 2. The van der Waals surface area contributed by atoms with E-state index in [4.69, 9.17) is 9.57 Å². The summed E-state index contributed by atoms with van der Waals surface area (Å²) in [6.07, 6.45) is -3.42. The van der Waals surface area contributed by atoms with Crippen LogP contribution in [0.25, 0.3) is 0 Å². The van der Waals surface area contributed by atoms with E-state index in [-0.39, 0.29) is 44.3 Å². The standard InChI is InChI=1S/C21H21F4N5O4/c22-16-7-14(30-11-15(34-21(30)32)9-27-20(31)19(24)25)8-17(23)18(16)28-5-6-33-29(12-28)10-13-3-1-2-4-26-13/h1-4,7-8,15,19H,5-6,9-12H2,(H,27,31)/t15-/m0/s1. The van der Waals surface area contributed by atoms with E-state index in [1.165, 1.54) is 9.96 Å². The van der Waals surface area contributed by atoms with Gasteiger partial charge in [-0.1, -0.05) is 6.07 Å². The number of hydrogen-bond donors (Lipinski definition) is 1. The number of halogens is 4. The third kappa shape index (κ3) is 5.37. The van der Waals surface area contributed by atoms with Crippen molar-refractivity contribution in [2.45, 2.75) is 19.1 Å². The summed E-state index contributed by atoms with van der Waals surface area (Å²) in [5, 5.41) is 3.48. The van der Waals surface area contributed by atoms with Gasteiger partial charge in [0.25, 0.3) is 5.91 Å². The van der Waals surface area contributed by atoms with Gasteiger partial charge in [-0.3, -0.25) is 19.5 Å². The number of benzene rings is 1. The van der Waals surface area contributed by atoms with Gasteiger partial charge in [0.1, 0.15) is 11.8 Å². The van der Waals surface area contributed by atoms with Crippen LogP contribution in [0.4, 0.5) is 33.7 Å². The molecule has 9 nitrogen and oxygen atoms in total. The highest BCUT2D eigenvalue weighted by Gasteiger charge is 2.34. The largest absolute Gasteiger partial charge is 0.442 e. The Morgan fingerprint density at radius 1 is 1.24 bits per heavy atom. The fourth-order valence-corrected chi connectivity index (χ4v) is 3.67. The number of carbonyl (C=O) groups is 2. The summed E-state index contributed by atoms with van der Waals surface area (Å²) in [7, 11) is 0. The maximum absolute atomic E-state index is 15.0. The predicted molar refractivity (Wildman–Crippen MR) is 111 cm³/mol. The van der Waals surface area contributed by atoms with Crippen LogP contribution < -0.4 is 15.1 Å². The van der Waals surface area contributed by atoms with Crippen LogP contribution in [0.2, 0.25) is 0 Å². The topological polar surface area (TPSA) is 87.2 Å². The number of alkyl halides is 2. The fourth-order valence-electron chi connectivity index (χ4n) is 3.67. The molecule has 3 heterocycles. The maximum atomic E-state index is 15.0. The van der Waals surface area contributed by atoms with Crippen molar-refractivity contribution in [3.05, 3.63) is 53.9 Å². The van der Waals surface area contributed by atoms with E-state index in [2.05, 4.69) is 4.98 Å². The highest BCUT2D eigenvalue weighted by Crippen LogP contribution is 2.32. The molecule has 1 aromatic carbocycles. The number of nitrogens with one attached hydrogen (secondary N) is 1. The molecule has 0 radical (unpaired) electrons. The molecule has 0 bridgehead atoms. The first kappa shape index (κ1) is 23.7. The number of ether oxygens (including phenoxy) is 1. The second-order valence-corrected chi connectivity index (χ2v) is 7.62. The van der Waals surface area contributed by atoms with Crippen molar-refractivity contribution in [1.29, 1.82) is 0 Å². The first-order valence-corrected chi connectivity index (χ1v) is 10.4. The van der Waals surface area contributed by atoms with Crippen LogP contribution in [0, 0.1) is 11.6 Å². The molecule has 2 saturated heterocycles. The Morgan fingerprint density at radius 2 is 2.00 bits per heavy atom. The Morgan fingerprint density at radius 3 is 2.68 bits per heavy atom. The van der Waals surface area contributed by atoms with Crippen LogP contribution in [0.15, 0.2) is 36.5 Å². The third-order valence-corrected chi connectivity index (χ3v) is 5.23. The van der Waals surface area contributed by atoms with Gasteiger partial charge >= 0.3 is 12.5 Å². The SMILES string of the molecule is O=C(NC[C@H]1CN(c2cc(F)c(N3CCON(Cc4ccccn4)C3)c(F)c2)C(=O)O1)C(F)F. The predicted octanol–water partition coefficient (Wildman–Crippen LogP) is 2.28. The molecule has 182 valence electrons. The molecule has 4 rings (SSSR count). The lowest BCUT2D eigenvalue weighted by Gasteiger charge is -2.36. The van der Waals surface area contributed by atoms with Crippen LogP contribution >= 0.6 is 0 Å². The summed E-state index contributed by atoms with van der Waals surface area (Å²) in [6, 6.07) is 7.40. The Balaban J connectivity index is 1.43. The van der Waals surface area contributed by atoms with Gasteiger partial charge in [0.15, 0.2) is 11.6 Å². The summed E-state index contributed by atoms with van der Waals surface area (Å²) < 4.78 is 59.6. The van der Waals surface area contributed by atoms with Crippen LogP contribution in [0.1, 0.15) is 5.69 Å². The lowest BCUT2D eigenvalue weighted by atomic mass is 10.2. The van der Waals surface area contributed by atoms with Gasteiger partial charge in [0.05, 0.1) is 44.3 Å². The summed E-state index contributed by atoms with van der Waals surface area (Å²) in [5.74, 6) is -3.28. The maximum Gasteiger partial charge on any atom is 0.414 e. The number of anilines is 2. The Hall–Kier alpha value is -3.45. The monoisotopic (exact) mass is 483 g/mol. The van der Waals surface area contributed by atoms with E-state index < -0.39 is 36.2 Å². The number of cyclic esters (lactones) is 1. The van der Waals surface area contributed by atoms with Gasteiger partial charge in [-0.25, -0.2) is 13.6 Å². The summed E-state index contributed by atoms with van der Waals surface area (Å²) in [5.41, 5.74) is 0.365. The molecule has 13 heteroatoms. The van der Waals surface area contributed by atoms with E-state index in [0.717, 1.165) is 22.7 Å². The Bertz CT molecular complexity index is 1020. The average molecular weight is 483 g/mol. The van der Waals surface area contributed by atoms with Gasteiger partial charge in [-0.05, 0) is 12.1 Å². The molecule has 0 saturated carbocycles. The van der Waals surface area contributed by atoms with Crippen molar-refractivity contribution in [3.63, 3.8) is 0 Å². The van der Waals surface area contributed by atoms with Crippen molar-refractivity contribution < 1.29 is 36.7 Å². The molecule has 2 amide bonds. The number of amides is 2. The van der Waals surface area contributed by atoms with Gasteiger partial charge in [-0.15, -0.1) is 0 Å². The smallest absolute Gasteiger partial charge is 0.414 e. The van der Waals surface area contributed by atoms with E-state index in [9.17, 15) is 27.2 Å². The van der Waals surface area contributed by atoms with Crippen molar-refractivity contribution in [2.24, 2.45) is 0 Å². The lowest BCUT2D eigenvalue weighted by molar-refractivity contribution is -0.181. The minimum atomic E-state index is -3.20.